The molecule has 0 unspecified atom stereocenters. The van der Waals surface area contributed by atoms with Gasteiger partial charge in [-0.2, -0.15) is 4.31 Å². The summed E-state index contributed by atoms with van der Waals surface area (Å²) in [6.07, 6.45) is 3.66. The number of amides is 1. The third-order valence-corrected chi connectivity index (χ3v) is 9.18. The topological polar surface area (TPSA) is 106 Å². The number of allylic oxidation sites excluding steroid dienone is 1. The quantitative estimate of drug-likeness (QED) is 0.471. The Labute approximate surface area is 215 Å². The molecule has 0 radical (unpaired) electrons. The molecule has 1 amide bonds. The minimum atomic E-state index is -3.85. The van der Waals surface area contributed by atoms with Gasteiger partial charge in [-0.3, -0.25) is 4.79 Å². The molecule has 4 rings (SSSR count). The first kappa shape index (κ1) is 26.6. The molecule has 3 heterocycles. The van der Waals surface area contributed by atoms with Gasteiger partial charge in [0.25, 0.3) is 5.91 Å². The van der Waals surface area contributed by atoms with Crippen LogP contribution < -0.4 is 4.74 Å². The predicted molar refractivity (Wildman–Crippen MR) is 135 cm³/mol. The highest BCUT2D eigenvalue weighted by molar-refractivity contribution is 7.89. The molecule has 0 aliphatic carbocycles. The molecular formula is C25H32N2O7S2. The van der Waals surface area contributed by atoms with Gasteiger partial charge in [0.15, 0.2) is 5.76 Å². The number of aliphatic hydroxyl groups is 1. The van der Waals surface area contributed by atoms with Crippen LogP contribution in [-0.2, 0) is 24.3 Å². The van der Waals surface area contributed by atoms with E-state index in [-0.39, 0.29) is 48.8 Å². The number of ether oxygens (including phenoxy) is 3. The number of rotatable bonds is 11. The Morgan fingerprint density at radius 2 is 1.94 bits per heavy atom. The van der Waals surface area contributed by atoms with Crippen LogP contribution in [0.3, 0.4) is 0 Å². The maximum absolute atomic E-state index is 13.1. The zero-order chi connectivity index (χ0) is 25.5. The second kappa shape index (κ2) is 12.2. The van der Waals surface area contributed by atoms with Crippen LogP contribution in [0, 0.1) is 0 Å². The number of carbonyl (C=O) groups excluding carboxylic acids is 1. The lowest BCUT2D eigenvalue weighted by atomic mass is 9.99. The lowest BCUT2D eigenvalue weighted by Crippen LogP contribution is -2.38. The average Bonchev–Trinajstić information content (AvgIpc) is 3.63. The maximum Gasteiger partial charge on any atom is 0.288 e. The minimum Gasteiger partial charge on any atom is -0.497 e. The molecule has 36 heavy (non-hydrogen) atoms. The summed E-state index contributed by atoms with van der Waals surface area (Å²) in [6.45, 7) is 1.11. The molecular weight excluding hydrogens is 504 g/mol. The minimum absolute atomic E-state index is 0.0254. The molecule has 0 spiro atoms. The van der Waals surface area contributed by atoms with Crippen LogP contribution in [0.15, 0.2) is 58.5 Å². The van der Waals surface area contributed by atoms with Crippen molar-refractivity contribution in [2.24, 2.45) is 0 Å². The fraction of sp³-hybridized carbons (Fsp3) is 0.480. The third kappa shape index (κ3) is 6.27. The Bertz CT molecular complexity index is 1130. The summed E-state index contributed by atoms with van der Waals surface area (Å²) in [7, 11) is -2.34. The van der Waals surface area contributed by atoms with E-state index in [9.17, 15) is 18.3 Å². The van der Waals surface area contributed by atoms with Gasteiger partial charge < -0.3 is 24.2 Å². The van der Waals surface area contributed by atoms with E-state index in [0.29, 0.717) is 25.3 Å². The fourth-order valence-corrected chi connectivity index (χ4v) is 6.56. The van der Waals surface area contributed by atoms with E-state index in [1.54, 1.807) is 28.4 Å². The molecule has 2 atom stereocenters. The highest BCUT2D eigenvalue weighted by Gasteiger charge is 2.32. The fourth-order valence-electron chi connectivity index (χ4n) is 4.33. The van der Waals surface area contributed by atoms with Crippen molar-refractivity contribution in [3.05, 3.63) is 58.5 Å². The molecule has 196 valence electrons. The van der Waals surface area contributed by atoms with Crippen LogP contribution in [0.1, 0.15) is 30.1 Å². The molecule has 2 aliphatic heterocycles. The van der Waals surface area contributed by atoms with Crippen LogP contribution >= 0.6 is 11.3 Å². The zero-order valence-corrected chi connectivity index (χ0v) is 21.9. The largest absolute Gasteiger partial charge is 0.497 e. The van der Waals surface area contributed by atoms with Gasteiger partial charge >= 0.3 is 0 Å². The van der Waals surface area contributed by atoms with Crippen molar-refractivity contribution in [3.63, 3.8) is 0 Å². The second-order valence-electron chi connectivity index (χ2n) is 8.61. The lowest BCUT2D eigenvalue weighted by molar-refractivity contribution is -0.152. The number of aliphatic hydroxyl groups excluding tert-OH is 1. The zero-order valence-electron chi connectivity index (χ0n) is 20.2. The lowest BCUT2D eigenvalue weighted by Gasteiger charge is -2.31. The number of methoxy groups -OCH3 is 1. The summed E-state index contributed by atoms with van der Waals surface area (Å²) in [5.74, 6) is 0.672. The van der Waals surface area contributed by atoms with E-state index in [2.05, 4.69) is 0 Å². The van der Waals surface area contributed by atoms with E-state index < -0.39 is 16.3 Å². The Balaban J connectivity index is 1.42. The average molecular weight is 537 g/mol. The van der Waals surface area contributed by atoms with E-state index in [0.717, 1.165) is 17.7 Å². The second-order valence-corrected chi connectivity index (χ2v) is 11.5. The molecule has 1 saturated heterocycles. The van der Waals surface area contributed by atoms with Gasteiger partial charge in [-0.15, -0.1) is 11.3 Å². The highest BCUT2D eigenvalue weighted by Crippen LogP contribution is 2.34. The van der Waals surface area contributed by atoms with Crippen LogP contribution in [-0.4, -0.2) is 81.4 Å². The molecule has 1 aromatic heterocycles. The monoisotopic (exact) mass is 536 g/mol. The number of likely N-dealkylation sites (tertiary alicyclic amines) is 1. The number of hydrogen-bond donors (Lipinski definition) is 1. The third-order valence-electron chi connectivity index (χ3n) is 6.26. The molecule has 11 heteroatoms. The molecule has 1 aromatic carbocycles. The van der Waals surface area contributed by atoms with Crippen molar-refractivity contribution in [2.45, 2.75) is 36.4 Å². The first-order valence-corrected chi connectivity index (χ1v) is 14.3. The maximum atomic E-state index is 13.1. The number of thiophene rings is 1. The van der Waals surface area contributed by atoms with Crippen molar-refractivity contribution in [1.82, 2.24) is 9.21 Å². The molecule has 1 N–H and O–H groups in total. The van der Waals surface area contributed by atoms with Gasteiger partial charge in [0.1, 0.15) is 5.75 Å². The molecule has 2 aromatic rings. The van der Waals surface area contributed by atoms with Crippen molar-refractivity contribution < 1.29 is 32.5 Å². The summed E-state index contributed by atoms with van der Waals surface area (Å²) in [6, 6.07) is 10.1. The van der Waals surface area contributed by atoms with Crippen LogP contribution in [0.25, 0.3) is 0 Å². The smallest absolute Gasteiger partial charge is 0.288 e. The standard InChI is InChI=1S/C25H32N2O7S2/c1-32-20-6-8-21(9-7-20)36(30,31)27(12-14-28)13-15-33-24-18-19(23-5-4-16-35-23)17-22(34-24)25(29)26-10-2-3-11-26/h4-9,16-17,19,24,28H,2-3,10-15,18H2,1H3/t19-,24+/m0/s1. The number of sulfonamides is 1. The van der Waals surface area contributed by atoms with Gasteiger partial charge in [0.2, 0.25) is 16.3 Å². The highest BCUT2D eigenvalue weighted by atomic mass is 32.2. The van der Waals surface area contributed by atoms with Gasteiger partial charge in [0, 0.05) is 43.4 Å². The number of hydrogen-bond acceptors (Lipinski definition) is 8. The van der Waals surface area contributed by atoms with Gasteiger partial charge in [-0.05, 0) is 54.6 Å². The normalized spacial score (nSPS) is 20.3. The SMILES string of the molecule is COc1ccc(S(=O)(=O)N(CCO)CCO[C@H]2C[C@@H](c3cccs3)C=C(C(=O)N3CCCC3)O2)cc1. The summed E-state index contributed by atoms with van der Waals surface area (Å²) >= 11 is 1.61. The number of benzene rings is 1. The Hall–Kier alpha value is -2.44. The molecule has 1 fully saturated rings. The van der Waals surface area contributed by atoms with Crippen LogP contribution in [0.4, 0.5) is 0 Å². The van der Waals surface area contributed by atoms with Gasteiger partial charge in [0.05, 0.1) is 25.2 Å². The molecule has 9 nitrogen and oxygen atoms in total. The van der Waals surface area contributed by atoms with Gasteiger partial charge in [-0.25, -0.2) is 8.42 Å². The summed E-state index contributed by atoms with van der Waals surface area (Å²) in [5, 5.41) is 11.5. The Morgan fingerprint density at radius 3 is 2.58 bits per heavy atom. The Morgan fingerprint density at radius 1 is 1.19 bits per heavy atom. The van der Waals surface area contributed by atoms with E-state index >= 15 is 0 Å². The van der Waals surface area contributed by atoms with Crippen molar-refractivity contribution in [3.8, 4) is 5.75 Å². The molecule has 0 saturated carbocycles. The van der Waals surface area contributed by atoms with Gasteiger partial charge in [-0.1, -0.05) is 6.07 Å². The van der Waals surface area contributed by atoms with Crippen LogP contribution in [0.2, 0.25) is 0 Å². The molecule has 2 aliphatic rings. The van der Waals surface area contributed by atoms with E-state index in [4.69, 9.17) is 14.2 Å². The number of carbonyl (C=O) groups is 1. The Kier molecular flexibility index (Phi) is 9.02. The van der Waals surface area contributed by atoms with Crippen molar-refractivity contribution >= 4 is 27.3 Å². The number of nitrogens with zero attached hydrogens (tertiary/aromatic N) is 2. The van der Waals surface area contributed by atoms with Crippen molar-refractivity contribution in [2.75, 3.05) is 46.5 Å². The summed E-state index contributed by atoms with van der Waals surface area (Å²) in [4.78, 5) is 16.0. The summed E-state index contributed by atoms with van der Waals surface area (Å²) < 4.78 is 44.5. The molecule has 0 bridgehead atoms. The first-order valence-electron chi connectivity index (χ1n) is 12.0. The van der Waals surface area contributed by atoms with Crippen molar-refractivity contribution in [1.29, 1.82) is 0 Å². The van der Waals surface area contributed by atoms with Crippen LogP contribution in [0.5, 0.6) is 5.75 Å². The van der Waals surface area contributed by atoms with E-state index in [1.165, 1.54) is 23.5 Å². The summed E-state index contributed by atoms with van der Waals surface area (Å²) in [5.41, 5.74) is 0. The first-order chi connectivity index (χ1) is 17.4. The predicted octanol–water partition coefficient (Wildman–Crippen LogP) is 2.79. The van der Waals surface area contributed by atoms with E-state index in [1.807, 2.05) is 23.6 Å².